The number of nitrogens with one attached hydrogen (secondary N) is 2. The fourth-order valence-electron chi connectivity index (χ4n) is 3.92. The van der Waals surface area contributed by atoms with Crippen molar-refractivity contribution in [1.29, 1.82) is 0 Å². The predicted molar refractivity (Wildman–Crippen MR) is 134 cm³/mol. The van der Waals surface area contributed by atoms with Gasteiger partial charge in [0.05, 0.1) is 11.4 Å². The molecule has 0 unspecified atom stereocenters. The van der Waals surface area contributed by atoms with Gasteiger partial charge >= 0.3 is 0 Å². The van der Waals surface area contributed by atoms with E-state index in [0.29, 0.717) is 25.6 Å². The van der Waals surface area contributed by atoms with E-state index in [9.17, 15) is 23.2 Å². The summed E-state index contributed by atoms with van der Waals surface area (Å²) in [7, 11) is 0. The second kappa shape index (κ2) is 11.6. The molecule has 11 heteroatoms. The molecule has 2 heterocycles. The Morgan fingerprint density at radius 1 is 1.03 bits per heavy atom. The first-order valence-electron chi connectivity index (χ1n) is 11.3. The number of hydrogen-bond donors (Lipinski definition) is 2. The molecule has 3 amide bonds. The van der Waals surface area contributed by atoms with Gasteiger partial charge in [-0.15, -0.1) is 23.1 Å². The van der Waals surface area contributed by atoms with Crippen LogP contribution in [0.4, 0.5) is 8.78 Å². The van der Waals surface area contributed by atoms with Gasteiger partial charge in [-0.05, 0) is 48.9 Å². The summed E-state index contributed by atoms with van der Waals surface area (Å²) in [4.78, 5) is 44.6. The summed E-state index contributed by atoms with van der Waals surface area (Å²) in [5.74, 6) is -3.05. The number of amides is 3. The molecule has 4 rings (SSSR count). The topological polar surface area (TPSA) is 91.4 Å². The second-order valence-corrected chi connectivity index (χ2v) is 10.1. The van der Waals surface area contributed by atoms with Gasteiger partial charge < -0.3 is 4.90 Å². The van der Waals surface area contributed by atoms with Gasteiger partial charge in [0.15, 0.2) is 0 Å². The molecule has 0 atom stereocenters. The highest BCUT2D eigenvalue weighted by Crippen LogP contribution is 2.30. The van der Waals surface area contributed by atoms with Gasteiger partial charge in [0.2, 0.25) is 5.91 Å². The van der Waals surface area contributed by atoms with E-state index in [0.717, 1.165) is 40.4 Å². The molecule has 0 spiro atoms. The molecule has 188 valence electrons. The summed E-state index contributed by atoms with van der Waals surface area (Å²) in [5.41, 5.74) is 5.21. The Kier molecular flexibility index (Phi) is 8.32. The van der Waals surface area contributed by atoms with Crippen molar-refractivity contribution in [2.45, 2.75) is 30.1 Å². The number of rotatable bonds is 6. The van der Waals surface area contributed by atoms with Crippen LogP contribution in [0.2, 0.25) is 0 Å². The largest absolute Gasteiger partial charge is 0.342 e. The monoisotopic (exact) mass is 530 g/mol. The fourth-order valence-corrected chi connectivity index (χ4v) is 5.30. The van der Waals surface area contributed by atoms with E-state index in [4.69, 9.17) is 0 Å². The molecular weight excluding hydrogens is 506 g/mol. The number of halogens is 2. The lowest BCUT2D eigenvalue weighted by Crippen LogP contribution is -2.41. The van der Waals surface area contributed by atoms with Crippen molar-refractivity contribution in [3.63, 3.8) is 0 Å². The Labute approximate surface area is 215 Å². The fraction of sp³-hybridized carbons (Fsp3) is 0.280. The number of thioether (sulfide) groups is 1. The number of nitrogens with zero attached hydrogens (tertiary/aromatic N) is 2. The van der Waals surface area contributed by atoms with Crippen molar-refractivity contribution in [2.75, 3.05) is 19.3 Å². The smallest absolute Gasteiger partial charge is 0.289 e. The van der Waals surface area contributed by atoms with Crippen LogP contribution in [0.3, 0.4) is 0 Å². The van der Waals surface area contributed by atoms with Crippen LogP contribution in [0.5, 0.6) is 0 Å². The standard InChI is InChI=1S/C25H24F2N4O3S2/c1-35-20-4-2-15(3-5-20)10-22(32)31-8-6-16(7-9-31)25-28-21(14-36-25)24(34)30-29-23(33)17-11-18(26)13-19(27)12-17/h2-5,11-14,16H,6-10H2,1H3,(H,29,33)(H,30,34). The van der Waals surface area contributed by atoms with E-state index < -0.39 is 23.4 Å². The van der Waals surface area contributed by atoms with E-state index in [1.165, 1.54) is 11.3 Å². The Balaban J connectivity index is 1.26. The average Bonchev–Trinajstić information content (AvgIpc) is 3.37. The highest BCUT2D eigenvalue weighted by Gasteiger charge is 2.26. The molecule has 2 aromatic carbocycles. The Morgan fingerprint density at radius 3 is 2.31 bits per heavy atom. The zero-order chi connectivity index (χ0) is 25.7. The van der Waals surface area contributed by atoms with Crippen LogP contribution in [0.15, 0.2) is 52.7 Å². The van der Waals surface area contributed by atoms with Crippen LogP contribution in [0, 0.1) is 11.6 Å². The first-order chi connectivity index (χ1) is 17.3. The van der Waals surface area contributed by atoms with Crippen LogP contribution in [-0.2, 0) is 11.2 Å². The number of likely N-dealkylation sites (tertiary alicyclic amines) is 1. The number of piperidine rings is 1. The van der Waals surface area contributed by atoms with Gasteiger partial charge in [-0.3, -0.25) is 25.2 Å². The molecule has 0 aliphatic carbocycles. The molecule has 0 saturated carbocycles. The van der Waals surface area contributed by atoms with Crippen molar-refractivity contribution in [1.82, 2.24) is 20.7 Å². The number of benzene rings is 2. The zero-order valence-corrected chi connectivity index (χ0v) is 21.1. The van der Waals surface area contributed by atoms with Crippen LogP contribution in [0.1, 0.15) is 50.2 Å². The maximum Gasteiger partial charge on any atom is 0.289 e. The first-order valence-corrected chi connectivity index (χ1v) is 13.4. The van der Waals surface area contributed by atoms with E-state index in [1.54, 1.807) is 17.1 Å². The molecule has 7 nitrogen and oxygen atoms in total. The summed E-state index contributed by atoms with van der Waals surface area (Å²) < 4.78 is 26.6. The zero-order valence-electron chi connectivity index (χ0n) is 19.4. The third kappa shape index (κ3) is 6.46. The second-order valence-electron chi connectivity index (χ2n) is 8.32. The maximum absolute atomic E-state index is 13.3. The van der Waals surface area contributed by atoms with Crippen LogP contribution in [-0.4, -0.2) is 47.0 Å². The molecule has 1 aliphatic heterocycles. The van der Waals surface area contributed by atoms with E-state index in [-0.39, 0.29) is 23.1 Å². The molecule has 1 aliphatic rings. The van der Waals surface area contributed by atoms with Crippen LogP contribution >= 0.6 is 23.1 Å². The summed E-state index contributed by atoms with van der Waals surface area (Å²) in [6, 6.07) is 10.4. The Bertz CT molecular complexity index is 1240. The summed E-state index contributed by atoms with van der Waals surface area (Å²) in [6.07, 6.45) is 3.87. The molecule has 1 aromatic heterocycles. The van der Waals surface area contributed by atoms with Crippen molar-refractivity contribution in [3.8, 4) is 0 Å². The van der Waals surface area contributed by atoms with Crippen molar-refractivity contribution in [3.05, 3.63) is 81.3 Å². The SMILES string of the molecule is CSc1ccc(CC(=O)N2CCC(c3nc(C(=O)NNC(=O)c4cc(F)cc(F)c4)cs3)CC2)cc1. The van der Waals surface area contributed by atoms with Crippen LogP contribution in [0.25, 0.3) is 0 Å². The van der Waals surface area contributed by atoms with Gasteiger partial charge in [0.1, 0.15) is 17.3 Å². The lowest BCUT2D eigenvalue weighted by molar-refractivity contribution is -0.131. The molecule has 2 N–H and O–H groups in total. The number of carbonyl (C=O) groups excluding carboxylic acids is 3. The number of aromatic nitrogens is 1. The van der Waals surface area contributed by atoms with Crippen molar-refractivity contribution >= 4 is 40.8 Å². The average molecular weight is 531 g/mol. The Hall–Kier alpha value is -3.31. The molecular formula is C25H24F2N4O3S2. The minimum absolute atomic E-state index is 0.0958. The number of hydrogen-bond acceptors (Lipinski definition) is 6. The molecule has 1 saturated heterocycles. The summed E-state index contributed by atoms with van der Waals surface area (Å²) in [6.45, 7) is 1.24. The normalized spacial score (nSPS) is 13.9. The predicted octanol–water partition coefficient (Wildman–Crippen LogP) is 4.17. The number of hydrazine groups is 1. The molecule has 3 aromatic rings. The quantitative estimate of drug-likeness (QED) is 0.369. The van der Waals surface area contributed by atoms with E-state index >= 15 is 0 Å². The van der Waals surface area contributed by atoms with Gasteiger partial charge in [0.25, 0.3) is 11.8 Å². The minimum Gasteiger partial charge on any atom is -0.342 e. The summed E-state index contributed by atoms with van der Waals surface area (Å²) in [5, 5.41) is 2.38. The lowest BCUT2D eigenvalue weighted by atomic mass is 9.97. The van der Waals surface area contributed by atoms with Gasteiger partial charge in [-0.25, -0.2) is 13.8 Å². The molecule has 0 bridgehead atoms. The number of carbonyl (C=O) groups is 3. The highest BCUT2D eigenvalue weighted by molar-refractivity contribution is 7.98. The van der Waals surface area contributed by atoms with Gasteiger partial charge in [-0.2, -0.15) is 0 Å². The lowest BCUT2D eigenvalue weighted by Gasteiger charge is -2.31. The number of thiazole rings is 1. The summed E-state index contributed by atoms with van der Waals surface area (Å²) >= 11 is 3.01. The van der Waals surface area contributed by atoms with E-state index in [1.807, 2.05) is 35.4 Å². The van der Waals surface area contributed by atoms with Gasteiger partial charge in [-0.1, -0.05) is 12.1 Å². The highest BCUT2D eigenvalue weighted by atomic mass is 32.2. The van der Waals surface area contributed by atoms with E-state index in [2.05, 4.69) is 15.8 Å². The third-order valence-electron chi connectivity index (χ3n) is 5.88. The first kappa shape index (κ1) is 25.8. The maximum atomic E-state index is 13.3. The third-order valence-corrected chi connectivity index (χ3v) is 7.63. The van der Waals surface area contributed by atoms with Crippen molar-refractivity contribution in [2.24, 2.45) is 0 Å². The van der Waals surface area contributed by atoms with Crippen LogP contribution < -0.4 is 10.9 Å². The molecule has 0 radical (unpaired) electrons. The minimum atomic E-state index is -0.895. The van der Waals surface area contributed by atoms with Gasteiger partial charge in [0, 0.05) is 40.9 Å². The van der Waals surface area contributed by atoms with Crippen molar-refractivity contribution < 1.29 is 23.2 Å². The molecule has 1 fully saturated rings. The Morgan fingerprint density at radius 2 is 1.67 bits per heavy atom. The molecule has 36 heavy (non-hydrogen) atoms.